The van der Waals surface area contributed by atoms with Crippen molar-refractivity contribution >= 4 is 16.9 Å². The molecule has 3 aromatic rings. The SMILES string of the molecule is CC(=O)Oc1ccc2cc(CCc3ccccc3)[nH]c2c1. The van der Waals surface area contributed by atoms with Crippen molar-refractivity contribution in [1.29, 1.82) is 0 Å². The molecule has 0 aliphatic rings. The second-order valence-corrected chi connectivity index (χ2v) is 5.12. The van der Waals surface area contributed by atoms with E-state index in [9.17, 15) is 4.79 Å². The summed E-state index contributed by atoms with van der Waals surface area (Å²) in [5.41, 5.74) is 3.52. The van der Waals surface area contributed by atoms with Crippen LogP contribution in [0.5, 0.6) is 5.75 Å². The second-order valence-electron chi connectivity index (χ2n) is 5.12. The minimum absolute atomic E-state index is 0.301. The highest BCUT2D eigenvalue weighted by molar-refractivity contribution is 5.82. The number of benzene rings is 2. The van der Waals surface area contributed by atoms with Crippen LogP contribution in [-0.4, -0.2) is 11.0 Å². The molecule has 2 aromatic carbocycles. The molecular weight excluding hydrogens is 262 g/mol. The average molecular weight is 279 g/mol. The Morgan fingerprint density at radius 3 is 2.62 bits per heavy atom. The summed E-state index contributed by atoms with van der Waals surface area (Å²) in [5, 5.41) is 1.13. The molecule has 0 unspecified atom stereocenters. The first kappa shape index (κ1) is 13.4. The summed E-state index contributed by atoms with van der Waals surface area (Å²) in [6.45, 7) is 1.41. The van der Waals surface area contributed by atoms with E-state index in [0.29, 0.717) is 5.75 Å². The number of carbonyl (C=O) groups excluding carboxylic acids is 1. The zero-order chi connectivity index (χ0) is 14.7. The molecule has 1 heterocycles. The standard InChI is InChI=1S/C18H17NO2/c1-13(20)21-17-10-8-15-11-16(19-18(15)12-17)9-7-14-5-3-2-4-6-14/h2-6,8,10-12,19H,7,9H2,1H3. The summed E-state index contributed by atoms with van der Waals surface area (Å²) in [4.78, 5) is 14.4. The van der Waals surface area contributed by atoms with Crippen LogP contribution in [0.25, 0.3) is 10.9 Å². The van der Waals surface area contributed by atoms with Gasteiger partial charge in [-0.3, -0.25) is 4.79 Å². The normalized spacial score (nSPS) is 10.7. The van der Waals surface area contributed by atoms with Crippen LogP contribution in [0.3, 0.4) is 0 Å². The Kier molecular flexibility index (Phi) is 3.73. The van der Waals surface area contributed by atoms with E-state index in [1.165, 1.54) is 18.2 Å². The van der Waals surface area contributed by atoms with E-state index in [4.69, 9.17) is 4.74 Å². The monoisotopic (exact) mass is 279 g/mol. The van der Waals surface area contributed by atoms with Crippen molar-refractivity contribution in [3.05, 3.63) is 65.9 Å². The van der Waals surface area contributed by atoms with Gasteiger partial charge in [-0.15, -0.1) is 0 Å². The van der Waals surface area contributed by atoms with Crippen molar-refractivity contribution < 1.29 is 9.53 Å². The van der Waals surface area contributed by atoms with Crippen molar-refractivity contribution in [2.45, 2.75) is 19.8 Å². The third-order valence-corrected chi connectivity index (χ3v) is 3.44. The van der Waals surface area contributed by atoms with E-state index in [0.717, 1.165) is 23.7 Å². The molecular formula is C18H17NO2. The van der Waals surface area contributed by atoms with Gasteiger partial charge in [-0.1, -0.05) is 30.3 Å². The van der Waals surface area contributed by atoms with Crippen LogP contribution >= 0.6 is 0 Å². The number of carbonyl (C=O) groups is 1. The lowest BCUT2D eigenvalue weighted by Crippen LogP contribution is -2.00. The van der Waals surface area contributed by atoms with Gasteiger partial charge < -0.3 is 9.72 Å². The molecule has 0 bridgehead atoms. The summed E-state index contributed by atoms with van der Waals surface area (Å²) in [6, 6.07) is 18.2. The highest BCUT2D eigenvalue weighted by atomic mass is 16.5. The van der Waals surface area contributed by atoms with Gasteiger partial charge in [-0.25, -0.2) is 0 Å². The molecule has 21 heavy (non-hydrogen) atoms. The number of nitrogens with one attached hydrogen (secondary N) is 1. The predicted molar refractivity (Wildman–Crippen MR) is 83.5 cm³/mol. The maximum atomic E-state index is 11.0. The molecule has 3 rings (SSSR count). The van der Waals surface area contributed by atoms with Gasteiger partial charge in [0.2, 0.25) is 0 Å². The van der Waals surface area contributed by atoms with E-state index >= 15 is 0 Å². The highest BCUT2D eigenvalue weighted by Gasteiger charge is 2.04. The fourth-order valence-corrected chi connectivity index (χ4v) is 2.45. The number of H-pyrrole nitrogens is 1. The molecule has 0 radical (unpaired) electrons. The van der Waals surface area contributed by atoms with E-state index in [1.807, 2.05) is 24.3 Å². The molecule has 0 fully saturated rings. The molecule has 106 valence electrons. The number of rotatable bonds is 4. The van der Waals surface area contributed by atoms with Crippen LogP contribution in [0.4, 0.5) is 0 Å². The number of hydrogen-bond acceptors (Lipinski definition) is 2. The Hall–Kier alpha value is -2.55. The number of aromatic nitrogens is 1. The molecule has 0 saturated heterocycles. The number of fused-ring (bicyclic) bond motifs is 1. The number of ether oxygens (including phenoxy) is 1. The fraction of sp³-hybridized carbons (Fsp3) is 0.167. The molecule has 0 amide bonds. The third kappa shape index (κ3) is 3.31. The summed E-state index contributed by atoms with van der Waals surface area (Å²) < 4.78 is 5.10. The topological polar surface area (TPSA) is 42.1 Å². The molecule has 0 aliphatic carbocycles. The first-order chi connectivity index (χ1) is 10.2. The van der Waals surface area contributed by atoms with Crippen LogP contribution in [0.15, 0.2) is 54.6 Å². The van der Waals surface area contributed by atoms with Crippen LogP contribution in [0.1, 0.15) is 18.2 Å². The molecule has 3 nitrogen and oxygen atoms in total. The Balaban J connectivity index is 1.76. The van der Waals surface area contributed by atoms with Crippen molar-refractivity contribution in [3.63, 3.8) is 0 Å². The summed E-state index contributed by atoms with van der Waals surface area (Å²) in [6.07, 6.45) is 1.96. The maximum Gasteiger partial charge on any atom is 0.308 e. The molecule has 3 heteroatoms. The van der Waals surface area contributed by atoms with E-state index in [-0.39, 0.29) is 5.97 Å². The predicted octanol–water partition coefficient (Wildman–Crippen LogP) is 3.88. The van der Waals surface area contributed by atoms with E-state index < -0.39 is 0 Å². The lowest BCUT2D eigenvalue weighted by Gasteiger charge is -2.00. The van der Waals surface area contributed by atoms with Crippen LogP contribution in [0, 0.1) is 0 Å². The van der Waals surface area contributed by atoms with Crippen molar-refractivity contribution in [2.24, 2.45) is 0 Å². The van der Waals surface area contributed by atoms with Crippen LogP contribution in [-0.2, 0) is 17.6 Å². The smallest absolute Gasteiger partial charge is 0.308 e. The molecule has 1 aromatic heterocycles. The highest BCUT2D eigenvalue weighted by Crippen LogP contribution is 2.22. The third-order valence-electron chi connectivity index (χ3n) is 3.44. The molecule has 0 spiro atoms. The van der Waals surface area contributed by atoms with Gasteiger partial charge in [0.05, 0.1) is 0 Å². The second kappa shape index (κ2) is 5.83. The number of aryl methyl sites for hydroxylation is 2. The minimum Gasteiger partial charge on any atom is -0.427 e. The van der Waals surface area contributed by atoms with Gasteiger partial charge in [0.15, 0.2) is 0 Å². The minimum atomic E-state index is -0.301. The first-order valence-electron chi connectivity index (χ1n) is 7.05. The Morgan fingerprint density at radius 1 is 1.05 bits per heavy atom. The van der Waals surface area contributed by atoms with Gasteiger partial charge in [-0.2, -0.15) is 0 Å². The average Bonchev–Trinajstić information content (AvgIpc) is 2.88. The van der Waals surface area contributed by atoms with Crippen LogP contribution < -0.4 is 4.74 Å². The molecule has 0 atom stereocenters. The number of aromatic amines is 1. The zero-order valence-electron chi connectivity index (χ0n) is 11.9. The zero-order valence-corrected chi connectivity index (χ0v) is 11.9. The van der Waals surface area contributed by atoms with Crippen LogP contribution in [0.2, 0.25) is 0 Å². The fourth-order valence-electron chi connectivity index (χ4n) is 2.45. The lowest BCUT2D eigenvalue weighted by molar-refractivity contribution is -0.131. The molecule has 1 N–H and O–H groups in total. The number of esters is 1. The Labute approximate surface area is 123 Å². The quantitative estimate of drug-likeness (QED) is 0.581. The lowest BCUT2D eigenvalue weighted by atomic mass is 10.1. The van der Waals surface area contributed by atoms with Gasteiger partial charge in [0.25, 0.3) is 0 Å². The van der Waals surface area contributed by atoms with E-state index in [1.54, 1.807) is 0 Å². The first-order valence-corrected chi connectivity index (χ1v) is 7.05. The van der Waals surface area contributed by atoms with Crippen molar-refractivity contribution in [2.75, 3.05) is 0 Å². The Morgan fingerprint density at radius 2 is 1.86 bits per heavy atom. The molecule has 0 saturated carbocycles. The summed E-state index contributed by atoms with van der Waals surface area (Å²) in [5.74, 6) is 0.275. The number of hydrogen-bond donors (Lipinski definition) is 1. The van der Waals surface area contributed by atoms with Crippen molar-refractivity contribution in [1.82, 2.24) is 4.98 Å². The summed E-state index contributed by atoms with van der Waals surface area (Å²) in [7, 11) is 0. The van der Waals surface area contributed by atoms with E-state index in [2.05, 4.69) is 35.3 Å². The Bertz CT molecular complexity index is 759. The van der Waals surface area contributed by atoms with Gasteiger partial charge in [-0.05, 0) is 42.0 Å². The van der Waals surface area contributed by atoms with Gasteiger partial charge >= 0.3 is 5.97 Å². The summed E-state index contributed by atoms with van der Waals surface area (Å²) >= 11 is 0. The van der Waals surface area contributed by atoms with Crippen molar-refractivity contribution in [3.8, 4) is 5.75 Å². The maximum absolute atomic E-state index is 11.0. The largest absolute Gasteiger partial charge is 0.427 e. The molecule has 0 aliphatic heterocycles. The van der Waals surface area contributed by atoms with Gasteiger partial charge in [0.1, 0.15) is 5.75 Å². The van der Waals surface area contributed by atoms with Gasteiger partial charge in [0, 0.05) is 24.2 Å².